The van der Waals surface area contributed by atoms with Gasteiger partial charge in [0.2, 0.25) is 5.69 Å². The second-order valence-electron chi connectivity index (χ2n) is 2.69. The van der Waals surface area contributed by atoms with Crippen molar-refractivity contribution < 1.29 is 19.7 Å². The standard InChI is InChI=1S/C6H11N5O4/c7-3-4(8)10(14)6(13)11(15)5(3)9-1-2-12/h9,12-13H,1-2,7-8H2. The van der Waals surface area contributed by atoms with Crippen LogP contribution < -0.4 is 26.2 Å². The van der Waals surface area contributed by atoms with E-state index in [9.17, 15) is 10.4 Å². The molecule has 0 fully saturated rings. The van der Waals surface area contributed by atoms with Crippen molar-refractivity contribution in [3.63, 3.8) is 0 Å². The molecule has 0 aliphatic carbocycles. The number of nitrogens with one attached hydrogen (secondary N) is 1. The van der Waals surface area contributed by atoms with E-state index in [1.54, 1.807) is 0 Å². The Labute approximate surface area is 84.3 Å². The van der Waals surface area contributed by atoms with Crippen LogP contribution in [0.5, 0.6) is 6.01 Å². The van der Waals surface area contributed by atoms with Crippen molar-refractivity contribution in [2.45, 2.75) is 0 Å². The maximum Gasteiger partial charge on any atom is 0.530 e. The predicted molar refractivity (Wildman–Crippen MR) is 50.4 cm³/mol. The molecule has 0 amide bonds. The van der Waals surface area contributed by atoms with Gasteiger partial charge >= 0.3 is 11.8 Å². The van der Waals surface area contributed by atoms with Gasteiger partial charge in [-0.1, -0.05) is 0 Å². The van der Waals surface area contributed by atoms with Gasteiger partial charge in [-0.2, -0.15) is 0 Å². The Morgan fingerprint density at radius 1 is 1.27 bits per heavy atom. The summed E-state index contributed by atoms with van der Waals surface area (Å²) in [5.74, 6) is -0.758. The highest BCUT2D eigenvalue weighted by Crippen LogP contribution is 2.19. The minimum Gasteiger partial charge on any atom is -0.675 e. The number of hydrogen-bond acceptors (Lipinski definition) is 7. The molecule has 9 heteroatoms. The molecule has 0 saturated carbocycles. The van der Waals surface area contributed by atoms with Crippen LogP contribution in [0, 0.1) is 10.4 Å². The lowest BCUT2D eigenvalue weighted by Crippen LogP contribution is -2.46. The number of hydrogen-bond donors (Lipinski definition) is 5. The van der Waals surface area contributed by atoms with Crippen LogP contribution in [0.1, 0.15) is 0 Å². The van der Waals surface area contributed by atoms with Gasteiger partial charge in [0.15, 0.2) is 0 Å². The predicted octanol–water partition coefficient (Wildman–Crippen LogP) is -2.77. The van der Waals surface area contributed by atoms with Crippen molar-refractivity contribution in [2.24, 2.45) is 0 Å². The Kier molecular flexibility index (Phi) is 2.85. The highest BCUT2D eigenvalue weighted by atomic mass is 16.5. The van der Waals surface area contributed by atoms with Crippen LogP contribution in [0.25, 0.3) is 0 Å². The van der Waals surface area contributed by atoms with Crippen LogP contribution in [0.3, 0.4) is 0 Å². The Morgan fingerprint density at radius 3 is 2.40 bits per heavy atom. The van der Waals surface area contributed by atoms with Gasteiger partial charge in [0, 0.05) is 6.54 Å². The number of aliphatic hydroxyl groups is 1. The Hall–Kier alpha value is -2.16. The molecule has 1 aromatic heterocycles. The normalized spacial score (nSPS) is 10.2. The monoisotopic (exact) mass is 217 g/mol. The van der Waals surface area contributed by atoms with Crippen LogP contribution in [-0.2, 0) is 0 Å². The molecule has 0 aliphatic rings. The average molecular weight is 217 g/mol. The van der Waals surface area contributed by atoms with Crippen LogP contribution in [0.4, 0.5) is 17.3 Å². The van der Waals surface area contributed by atoms with Gasteiger partial charge in [0.05, 0.1) is 6.61 Å². The van der Waals surface area contributed by atoms with Gasteiger partial charge in [-0.3, -0.25) is 5.73 Å². The van der Waals surface area contributed by atoms with Crippen LogP contribution in [-0.4, -0.2) is 23.4 Å². The number of anilines is 3. The fourth-order valence-corrected chi connectivity index (χ4v) is 0.972. The van der Waals surface area contributed by atoms with Gasteiger partial charge in [-0.05, 0) is 0 Å². The van der Waals surface area contributed by atoms with Gasteiger partial charge in [-0.25, -0.2) is 0 Å². The summed E-state index contributed by atoms with van der Waals surface area (Å²) in [4.78, 5) is 0. The summed E-state index contributed by atoms with van der Waals surface area (Å²) < 4.78 is -0.291. The number of nitrogens with two attached hydrogens (primary N) is 2. The van der Waals surface area contributed by atoms with Crippen molar-refractivity contribution in [1.82, 2.24) is 0 Å². The quantitative estimate of drug-likeness (QED) is 0.270. The van der Waals surface area contributed by atoms with Gasteiger partial charge in [-0.15, -0.1) is 9.46 Å². The number of nitrogens with zero attached hydrogens (tertiary/aromatic N) is 2. The lowest BCUT2D eigenvalue weighted by molar-refractivity contribution is -0.738. The van der Waals surface area contributed by atoms with Crippen molar-refractivity contribution in [2.75, 3.05) is 29.9 Å². The second-order valence-corrected chi connectivity index (χ2v) is 2.69. The molecule has 9 nitrogen and oxygen atoms in total. The van der Waals surface area contributed by atoms with Crippen molar-refractivity contribution in [3.8, 4) is 6.01 Å². The molecule has 0 spiro atoms. The smallest absolute Gasteiger partial charge is 0.530 e. The first-order valence-electron chi connectivity index (χ1n) is 3.98. The van der Waals surface area contributed by atoms with Crippen LogP contribution in [0.2, 0.25) is 0 Å². The molecule has 1 heterocycles. The van der Waals surface area contributed by atoms with Crippen LogP contribution >= 0.6 is 0 Å². The Morgan fingerprint density at radius 2 is 1.87 bits per heavy atom. The lowest BCUT2D eigenvalue weighted by Gasteiger charge is -2.14. The van der Waals surface area contributed by atoms with Crippen molar-refractivity contribution >= 4 is 17.3 Å². The zero-order valence-electron chi connectivity index (χ0n) is 7.67. The molecule has 0 bridgehead atoms. The summed E-state index contributed by atoms with van der Waals surface area (Å²) >= 11 is 0. The molecule has 84 valence electrons. The molecule has 0 atom stereocenters. The van der Waals surface area contributed by atoms with Crippen molar-refractivity contribution in [3.05, 3.63) is 10.4 Å². The maximum absolute atomic E-state index is 11.2. The van der Waals surface area contributed by atoms with Gasteiger partial charge in [0.25, 0.3) is 5.82 Å². The summed E-state index contributed by atoms with van der Waals surface area (Å²) in [7, 11) is 0. The van der Waals surface area contributed by atoms with E-state index in [0.717, 1.165) is 0 Å². The largest absolute Gasteiger partial charge is 0.675 e. The first-order valence-corrected chi connectivity index (χ1v) is 3.98. The number of nitrogen functional groups attached to an aromatic ring is 2. The van der Waals surface area contributed by atoms with E-state index in [1.807, 2.05) is 0 Å². The Bertz CT molecular complexity index is 353. The molecular weight excluding hydrogens is 206 g/mol. The molecule has 0 unspecified atom stereocenters. The minimum absolute atomic E-state index is 0.0359. The number of aromatic nitrogens is 2. The van der Waals surface area contributed by atoms with E-state index < -0.39 is 11.8 Å². The van der Waals surface area contributed by atoms with Gasteiger partial charge in [0.1, 0.15) is 0 Å². The zero-order chi connectivity index (χ0) is 11.6. The first kappa shape index (κ1) is 10.9. The fraction of sp³-hybridized carbons (Fsp3) is 0.333. The molecule has 0 radical (unpaired) electrons. The Balaban J connectivity index is 3.26. The van der Waals surface area contributed by atoms with E-state index in [4.69, 9.17) is 21.7 Å². The number of rotatable bonds is 3. The molecule has 15 heavy (non-hydrogen) atoms. The minimum atomic E-state index is -1.14. The molecule has 7 N–H and O–H groups in total. The molecular formula is C6H11N5O4. The fourth-order valence-electron chi connectivity index (χ4n) is 0.972. The third-order valence-corrected chi connectivity index (χ3v) is 1.72. The summed E-state index contributed by atoms with van der Waals surface area (Å²) in [5, 5.41) is 42.2. The third kappa shape index (κ3) is 1.72. The number of aliphatic hydroxyl groups excluding tert-OH is 1. The van der Waals surface area contributed by atoms with E-state index >= 15 is 0 Å². The molecule has 0 aliphatic heterocycles. The van der Waals surface area contributed by atoms with E-state index in [2.05, 4.69) is 5.32 Å². The molecule has 0 aromatic carbocycles. The SMILES string of the molecule is Nc1c(N)[n+]([O-])c(O)[n+]([O-])c1NCCO. The maximum atomic E-state index is 11.2. The lowest BCUT2D eigenvalue weighted by atomic mass is 10.4. The topological polar surface area (TPSA) is 158 Å². The molecule has 0 saturated heterocycles. The number of aromatic hydroxyl groups is 1. The zero-order valence-corrected chi connectivity index (χ0v) is 7.67. The van der Waals surface area contributed by atoms with E-state index in [-0.39, 0.29) is 34.1 Å². The third-order valence-electron chi connectivity index (χ3n) is 1.72. The van der Waals surface area contributed by atoms with Gasteiger partial charge < -0.3 is 31.7 Å². The highest BCUT2D eigenvalue weighted by Gasteiger charge is 2.25. The average Bonchev–Trinajstić information content (AvgIpc) is 2.24. The van der Waals surface area contributed by atoms with Crippen LogP contribution in [0.15, 0.2) is 0 Å². The summed E-state index contributed by atoms with van der Waals surface area (Å²) in [6, 6.07) is -1.14. The summed E-state index contributed by atoms with van der Waals surface area (Å²) in [6.07, 6.45) is 0. The summed E-state index contributed by atoms with van der Waals surface area (Å²) in [5.41, 5.74) is 10.3. The van der Waals surface area contributed by atoms with E-state index in [1.165, 1.54) is 0 Å². The summed E-state index contributed by atoms with van der Waals surface area (Å²) in [6.45, 7) is -0.208. The molecule has 1 rings (SSSR count). The van der Waals surface area contributed by atoms with E-state index in [0.29, 0.717) is 0 Å². The first-order chi connectivity index (χ1) is 7.00. The van der Waals surface area contributed by atoms with Crippen molar-refractivity contribution in [1.29, 1.82) is 0 Å². The highest BCUT2D eigenvalue weighted by molar-refractivity contribution is 5.68. The molecule has 1 aromatic rings. The second kappa shape index (κ2) is 3.92.